The number of amides is 1. The average molecular weight is 331 g/mol. The SMILES string of the molecule is COCC1(C(=O)Nc2ccc(-c3csc(C)n3)cc2)CCNC1. The Bertz CT molecular complexity index is 675. The number of ether oxygens (including phenoxy) is 1. The Labute approximate surface area is 140 Å². The van der Waals surface area contributed by atoms with E-state index in [-0.39, 0.29) is 5.91 Å². The van der Waals surface area contributed by atoms with Gasteiger partial charge in [0.2, 0.25) is 5.91 Å². The number of rotatable bonds is 5. The zero-order valence-corrected chi connectivity index (χ0v) is 14.2. The maximum atomic E-state index is 12.6. The van der Waals surface area contributed by atoms with E-state index in [1.54, 1.807) is 18.4 Å². The fourth-order valence-corrected chi connectivity index (χ4v) is 3.51. The number of aromatic nitrogens is 1. The van der Waals surface area contributed by atoms with Crippen molar-refractivity contribution in [3.8, 4) is 11.3 Å². The lowest BCUT2D eigenvalue weighted by molar-refractivity contribution is -0.127. The normalized spacial score (nSPS) is 20.6. The largest absolute Gasteiger partial charge is 0.384 e. The van der Waals surface area contributed by atoms with Crippen LogP contribution in [0, 0.1) is 12.3 Å². The van der Waals surface area contributed by atoms with Gasteiger partial charge in [0.05, 0.1) is 22.7 Å². The van der Waals surface area contributed by atoms with Crippen molar-refractivity contribution in [1.82, 2.24) is 10.3 Å². The minimum atomic E-state index is -0.473. The van der Waals surface area contributed by atoms with Gasteiger partial charge in [-0.1, -0.05) is 12.1 Å². The maximum absolute atomic E-state index is 12.6. The number of carbonyl (C=O) groups excluding carboxylic acids is 1. The van der Waals surface area contributed by atoms with E-state index in [2.05, 4.69) is 15.6 Å². The van der Waals surface area contributed by atoms with Crippen LogP contribution in [-0.4, -0.2) is 37.7 Å². The number of thiazole rings is 1. The number of hydrogen-bond donors (Lipinski definition) is 2. The van der Waals surface area contributed by atoms with Crippen molar-refractivity contribution >= 4 is 22.9 Å². The van der Waals surface area contributed by atoms with Crippen LogP contribution >= 0.6 is 11.3 Å². The molecule has 2 N–H and O–H groups in total. The molecular weight excluding hydrogens is 310 g/mol. The summed E-state index contributed by atoms with van der Waals surface area (Å²) in [7, 11) is 1.64. The van der Waals surface area contributed by atoms with Crippen LogP contribution in [0.4, 0.5) is 5.69 Å². The van der Waals surface area contributed by atoms with Gasteiger partial charge < -0.3 is 15.4 Å². The van der Waals surface area contributed by atoms with Crippen molar-refractivity contribution in [2.45, 2.75) is 13.3 Å². The number of anilines is 1. The van der Waals surface area contributed by atoms with E-state index in [1.165, 1.54) is 0 Å². The summed E-state index contributed by atoms with van der Waals surface area (Å²) in [6.07, 6.45) is 0.795. The summed E-state index contributed by atoms with van der Waals surface area (Å²) in [6, 6.07) is 7.82. The number of nitrogens with zero attached hydrogens (tertiary/aromatic N) is 1. The molecule has 1 aliphatic rings. The van der Waals surface area contributed by atoms with E-state index >= 15 is 0 Å². The van der Waals surface area contributed by atoms with Crippen molar-refractivity contribution in [2.75, 3.05) is 32.1 Å². The van der Waals surface area contributed by atoms with Crippen molar-refractivity contribution in [3.05, 3.63) is 34.7 Å². The quantitative estimate of drug-likeness (QED) is 0.884. The highest BCUT2D eigenvalue weighted by Crippen LogP contribution is 2.28. The molecule has 5 nitrogen and oxygen atoms in total. The van der Waals surface area contributed by atoms with Gasteiger partial charge in [-0.3, -0.25) is 4.79 Å². The smallest absolute Gasteiger partial charge is 0.234 e. The molecule has 0 aliphatic carbocycles. The van der Waals surface area contributed by atoms with Crippen LogP contribution in [-0.2, 0) is 9.53 Å². The molecule has 1 aliphatic heterocycles. The third-order valence-corrected chi connectivity index (χ3v) is 4.98. The molecule has 1 fully saturated rings. The highest BCUT2D eigenvalue weighted by Gasteiger charge is 2.41. The zero-order valence-electron chi connectivity index (χ0n) is 13.4. The molecule has 2 aromatic rings. The van der Waals surface area contributed by atoms with Crippen LogP contribution in [0.5, 0.6) is 0 Å². The van der Waals surface area contributed by atoms with Gasteiger partial charge in [0.25, 0.3) is 0 Å². The van der Waals surface area contributed by atoms with Crippen molar-refractivity contribution in [3.63, 3.8) is 0 Å². The second-order valence-electron chi connectivity index (χ2n) is 5.92. The van der Waals surface area contributed by atoms with Crippen LogP contribution in [0.2, 0.25) is 0 Å². The number of aryl methyl sites for hydroxylation is 1. The highest BCUT2D eigenvalue weighted by atomic mass is 32.1. The van der Waals surface area contributed by atoms with E-state index in [0.717, 1.165) is 34.9 Å². The fourth-order valence-electron chi connectivity index (χ4n) is 2.89. The van der Waals surface area contributed by atoms with Crippen LogP contribution < -0.4 is 10.6 Å². The number of benzene rings is 1. The first-order chi connectivity index (χ1) is 11.1. The van der Waals surface area contributed by atoms with Crippen molar-refractivity contribution in [1.29, 1.82) is 0 Å². The molecule has 3 rings (SSSR count). The minimum absolute atomic E-state index is 0.0154. The predicted octanol–water partition coefficient (Wildman–Crippen LogP) is 2.68. The number of nitrogens with one attached hydrogen (secondary N) is 2. The Morgan fingerprint density at radius 2 is 2.22 bits per heavy atom. The molecule has 1 unspecified atom stereocenters. The van der Waals surface area contributed by atoms with E-state index in [1.807, 2.05) is 36.6 Å². The lowest BCUT2D eigenvalue weighted by Gasteiger charge is -2.25. The van der Waals surface area contributed by atoms with E-state index in [9.17, 15) is 4.79 Å². The molecule has 23 heavy (non-hydrogen) atoms. The van der Waals surface area contributed by atoms with Crippen molar-refractivity contribution < 1.29 is 9.53 Å². The van der Waals surface area contributed by atoms with Crippen LogP contribution in [0.1, 0.15) is 11.4 Å². The van der Waals surface area contributed by atoms with Gasteiger partial charge >= 0.3 is 0 Å². The molecule has 1 amide bonds. The van der Waals surface area contributed by atoms with Gasteiger partial charge in [-0.05, 0) is 32.0 Å². The third-order valence-electron chi connectivity index (χ3n) is 4.20. The molecule has 1 aromatic carbocycles. The number of carbonyl (C=O) groups is 1. The van der Waals surface area contributed by atoms with Gasteiger partial charge in [0.1, 0.15) is 0 Å². The molecule has 6 heteroatoms. The molecule has 1 saturated heterocycles. The van der Waals surface area contributed by atoms with Crippen LogP contribution in [0.3, 0.4) is 0 Å². The Morgan fingerprint density at radius 3 is 2.78 bits per heavy atom. The third kappa shape index (κ3) is 3.44. The molecule has 1 atom stereocenters. The molecule has 0 saturated carbocycles. The highest BCUT2D eigenvalue weighted by molar-refractivity contribution is 7.09. The molecule has 1 aromatic heterocycles. The van der Waals surface area contributed by atoms with E-state index in [4.69, 9.17) is 4.74 Å². The summed E-state index contributed by atoms with van der Waals surface area (Å²) in [4.78, 5) is 17.1. The molecule has 122 valence electrons. The topological polar surface area (TPSA) is 63.2 Å². The Morgan fingerprint density at radius 1 is 1.43 bits per heavy atom. The van der Waals surface area contributed by atoms with Crippen LogP contribution in [0.15, 0.2) is 29.6 Å². The van der Waals surface area contributed by atoms with Gasteiger partial charge in [0, 0.05) is 30.3 Å². The molecule has 0 radical (unpaired) electrons. The monoisotopic (exact) mass is 331 g/mol. The summed E-state index contributed by atoms with van der Waals surface area (Å²) < 4.78 is 5.26. The number of methoxy groups -OCH3 is 1. The Balaban J connectivity index is 1.71. The lowest BCUT2D eigenvalue weighted by Crippen LogP contribution is -2.41. The molecular formula is C17H21N3O2S. The lowest BCUT2D eigenvalue weighted by atomic mass is 9.87. The Kier molecular flexibility index (Phi) is 4.75. The van der Waals surface area contributed by atoms with E-state index in [0.29, 0.717) is 13.2 Å². The molecule has 0 bridgehead atoms. The molecule has 0 spiro atoms. The first-order valence-electron chi connectivity index (χ1n) is 7.67. The first-order valence-corrected chi connectivity index (χ1v) is 8.55. The summed E-state index contributed by atoms with van der Waals surface area (Å²) in [5.41, 5.74) is 2.36. The minimum Gasteiger partial charge on any atom is -0.384 e. The maximum Gasteiger partial charge on any atom is 0.234 e. The van der Waals surface area contributed by atoms with Gasteiger partial charge in [-0.15, -0.1) is 11.3 Å². The van der Waals surface area contributed by atoms with Gasteiger partial charge in [0.15, 0.2) is 0 Å². The summed E-state index contributed by atoms with van der Waals surface area (Å²) in [5.74, 6) is 0.0154. The zero-order chi connectivity index (χ0) is 16.3. The summed E-state index contributed by atoms with van der Waals surface area (Å²) in [5, 5.41) is 9.36. The Hall–Kier alpha value is -1.76. The van der Waals surface area contributed by atoms with Crippen molar-refractivity contribution in [2.24, 2.45) is 5.41 Å². The average Bonchev–Trinajstić information content (AvgIpc) is 3.18. The summed E-state index contributed by atoms with van der Waals surface area (Å²) in [6.45, 7) is 3.93. The standard InChI is InChI=1S/C17H21N3O2S/c1-12-19-15(9-23-12)13-3-5-14(6-4-13)20-16(21)17(11-22-2)7-8-18-10-17/h3-6,9,18H,7-8,10-11H2,1-2H3,(H,20,21). The predicted molar refractivity (Wildman–Crippen MR) is 92.7 cm³/mol. The number of hydrogen-bond acceptors (Lipinski definition) is 5. The van der Waals surface area contributed by atoms with Gasteiger partial charge in [-0.25, -0.2) is 4.98 Å². The van der Waals surface area contributed by atoms with E-state index < -0.39 is 5.41 Å². The van der Waals surface area contributed by atoms with Gasteiger partial charge in [-0.2, -0.15) is 0 Å². The first kappa shape index (κ1) is 16.1. The second kappa shape index (κ2) is 6.78. The molecule has 2 heterocycles. The summed E-state index contributed by atoms with van der Waals surface area (Å²) >= 11 is 1.63. The second-order valence-corrected chi connectivity index (χ2v) is 6.99. The van der Waals surface area contributed by atoms with Crippen LogP contribution in [0.25, 0.3) is 11.3 Å². The fraction of sp³-hybridized carbons (Fsp3) is 0.412.